The predicted molar refractivity (Wildman–Crippen MR) is 87.6 cm³/mol. The number of rotatable bonds is 3. The third kappa shape index (κ3) is 2.44. The lowest BCUT2D eigenvalue weighted by molar-refractivity contribution is 0.946. The lowest BCUT2D eigenvalue weighted by atomic mass is 10.1. The Bertz CT molecular complexity index is 754. The van der Waals surface area contributed by atoms with E-state index in [2.05, 4.69) is 23.0 Å². The van der Waals surface area contributed by atoms with Gasteiger partial charge in [-0.15, -0.1) is 11.3 Å². The summed E-state index contributed by atoms with van der Waals surface area (Å²) in [6.45, 7) is 0.818. The molecule has 0 spiro atoms. The molecule has 2 N–H and O–H groups in total. The molecular formula is C15H14ClN3S. The molecule has 0 fully saturated rings. The molecule has 0 bridgehead atoms. The average Bonchev–Trinajstić information content (AvgIpc) is 2.84. The second-order valence-electron chi connectivity index (χ2n) is 4.66. The molecule has 2 heterocycles. The number of hydrogen-bond acceptors (Lipinski definition) is 4. The number of nitrogens with zero attached hydrogens (tertiary/aromatic N) is 2. The van der Waals surface area contributed by atoms with Crippen LogP contribution >= 0.6 is 22.9 Å². The Kier molecular flexibility index (Phi) is 3.51. The van der Waals surface area contributed by atoms with Gasteiger partial charge in [0, 0.05) is 46.5 Å². The molecule has 3 nitrogen and oxygen atoms in total. The van der Waals surface area contributed by atoms with Crippen LogP contribution in [-0.4, -0.2) is 12.0 Å². The van der Waals surface area contributed by atoms with Crippen LogP contribution in [0.2, 0.25) is 4.34 Å². The molecule has 3 rings (SSSR count). The van der Waals surface area contributed by atoms with Crippen LogP contribution in [0.4, 0.5) is 11.4 Å². The highest BCUT2D eigenvalue weighted by Crippen LogP contribution is 2.31. The highest BCUT2D eigenvalue weighted by molar-refractivity contribution is 7.16. The fraction of sp³-hybridized carbons (Fsp3) is 0.133. The van der Waals surface area contributed by atoms with Gasteiger partial charge >= 0.3 is 0 Å². The molecule has 0 amide bonds. The third-order valence-corrected chi connectivity index (χ3v) is 4.48. The molecule has 0 aliphatic rings. The molecule has 0 atom stereocenters. The summed E-state index contributed by atoms with van der Waals surface area (Å²) in [4.78, 5) is 7.58. The number of aromatic nitrogens is 1. The smallest absolute Gasteiger partial charge is 0.0931 e. The van der Waals surface area contributed by atoms with Crippen molar-refractivity contribution in [1.82, 2.24) is 4.98 Å². The number of nitrogens with two attached hydrogens (primary N) is 1. The van der Waals surface area contributed by atoms with Gasteiger partial charge in [0.05, 0.1) is 10.9 Å². The van der Waals surface area contributed by atoms with Crippen molar-refractivity contribution < 1.29 is 0 Å². The molecule has 0 unspecified atom stereocenters. The highest BCUT2D eigenvalue weighted by atomic mass is 35.5. The van der Waals surface area contributed by atoms with Crippen LogP contribution < -0.4 is 10.6 Å². The summed E-state index contributed by atoms with van der Waals surface area (Å²) in [5, 5.41) is 2.10. The number of halogens is 1. The fourth-order valence-corrected chi connectivity index (χ4v) is 3.43. The van der Waals surface area contributed by atoms with Gasteiger partial charge in [-0.1, -0.05) is 11.6 Å². The van der Waals surface area contributed by atoms with Crippen molar-refractivity contribution in [3.05, 3.63) is 51.9 Å². The summed E-state index contributed by atoms with van der Waals surface area (Å²) in [7, 11) is 2.07. The van der Waals surface area contributed by atoms with Gasteiger partial charge in [-0.05, 0) is 30.3 Å². The molecule has 0 aliphatic carbocycles. The molecule has 5 heteroatoms. The van der Waals surface area contributed by atoms with Crippen molar-refractivity contribution in [3.63, 3.8) is 0 Å². The zero-order chi connectivity index (χ0) is 14.1. The van der Waals surface area contributed by atoms with Gasteiger partial charge in [-0.3, -0.25) is 4.98 Å². The van der Waals surface area contributed by atoms with Crippen molar-refractivity contribution in [2.45, 2.75) is 6.54 Å². The molecule has 102 valence electrons. The van der Waals surface area contributed by atoms with E-state index in [1.165, 1.54) is 4.88 Å². The Balaban J connectivity index is 1.99. The molecule has 0 radical (unpaired) electrons. The summed E-state index contributed by atoms with van der Waals surface area (Å²) in [5.41, 5.74) is 7.90. The van der Waals surface area contributed by atoms with Gasteiger partial charge in [0.1, 0.15) is 0 Å². The SMILES string of the molecule is CN(Cc1ccc(Cl)s1)c1ccc(N)c2cnccc12. The molecule has 20 heavy (non-hydrogen) atoms. The summed E-state index contributed by atoms with van der Waals surface area (Å²) in [5.74, 6) is 0. The zero-order valence-electron chi connectivity index (χ0n) is 11.0. The summed E-state index contributed by atoms with van der Waals surface area (Å²) >= 11 is 7.59. The van der Waals surface area contributed by atoms with Crippen LogP contribution in [-0.2, 0) is 6.54 Å². The van der Waals surface area contributed by atoms with Crippen LogP contribution in [0.15, 0.2) is 42.7 Å². The third-order valence-electron chi connectivity index (χ3n) is 3.26. The lowest BCUT2D eigenvalue weighted by Gasteiger charge is -2.21. The van der Waals surface area contributed by atoms with Gasteiger partial charge < -0.3 is 10.6 Å². The van der Waals surface area contributed by atoms with Crippen LogP contribution in [0.25, 0.3) is 10.8 Å². The highest BCUT2D eigenvalue weighted by Gasteiger charge is 2.09. The van der Waals surface area contributed by atoms with Crippen molar-refractivity contribution in [2.24, 2.45) is 0 Å². The number of thiophene rings is 1. The summed E-state index contributed by atoms with van der Waals surface area (Å²) < 4.78 is 0.819. The number of benzene rings is 1. The van der Waals surface area contributed by atoms with E-state index in [0.717, 1.165) is 33.0 Å². The van der Waals surface area contributed by atoms with Gasteiger partial charge in [0.25, 0.3) is 0 Å². The number of fused-ring (bicyclic) bond motifs is 1. The maximum Gasteiger partial charge on any atom is 0.0931 e. The Hall–Kier alpha value is -1.78. The van der Waals surface area contributed by atoms with Gasteiger partial charge in [0.15, 0.2) is 0 Å². The zero-order valence-corrected chi connectivity index (χ0v) is 12.6. The normalized spacial score (nSPS) is 10.9. The van der Waals surface area contributed by atoms with E-state index in [9.17, 15) is 0 Å². The lowest BCUT2D eigenvalue weighted by Crippen LogP contribution is -2.16. The number of pyridine rings is 1. The average molecular weight is 304 g/mol. The molecule has 0 saturated heterocycles. The number of nitrogen functional groups attached to an aromatic ring is 1. The van der Waals surface area contributed by atoms with E-state index in [1.807, 2.05) is 30.5 Å². The van der Waals surface area contributed by atoms with Gasteiger partial charge in [-0.25, -0.2) is 0 Å². The second kappa shape index (κ2) is 5.31. The van der Waals surface area contributed by atoms with Crippen LogP contribution in [0.5, 0.6) is 0 Å². The van der Waals surface area contributed by atoms with Crippen molar-refractivity contribution in [3.8, 4) is 0 Å². The monoisotopic (exact) mass is 303 g/mol. The maximum atomic E-state index is 6.01. The number of hydrogen-bond donors (Lipinski definition) is 1. The summed E-state index contributed by atoms with van der Waals surface area (Å²) in [6, 6.07) is 9.97. The van der Waals surface area contributed by atoms with E-state index in [0.29, 0.717) is 0 Å². The van der Waals surface area contributed by atoms with E-state index in [-0.39, 0.29) is 0 Å². The number of anilines is 2. The Morgan fingerprint density at radius 2 is 2.05 bits per heavy atom. The first-order valence-corrected chi connectivity index (χ1v) is 7.42. The Morgan fingerprint density at radius 1 is 1.20 bits per heavy atom. The largest absolute Gasteiger partial charge is 0.398 e. The van der Waals surface area contributed by atoms with Crippen LogP contribution in [0.3, 0.4) is 0 Å². The second-order valence-corrected chi connectivity index (χ2v) is 6.46. The molecule has 3 aromatic rings. The topological polar surface area (TPSA) is 42.1 Å². The molecular weight excluding hydrogens is 290 g/mol. The van der Waals surface area contributed by atoms with Gasteiger partial charge in [0.2, 0.25) is 0 Å². The van der Waals surface area contributed by atoms with Gasteiger partial charge in [-0.2, -0.15) is 0 Å². The molecule has 1 aromatic carbocycles. The first-order chi connectivity index (χ1) is 9.65. The maximum absolute atomic E-state index is 6.01. The van der Waals surface area contributed by atoms with Crippen molar-refractivity contribution in [1.29, 1.82) is 0 Å². The minimum absolute atomic E-state index is 0.754. The summed E-state index contributed by atoms with van der Waals surface area (Å²) in [6.07, 6.45) is 3.60. The Labute approximate surface area is 126 Å². The van der Waals surface area contributed by atoms with E-state index in [1.54, 1.807) is 17.5 Å². The van der Waals surface area contributed by atoms with E-state index >= 15 is 0 Å². The fourth-order valence-electron chi connectivity index (χ4n) is 2.28. The molecule has 0 saturated carbocycles. The first-order valence-electron chi connectivity index (χ1n) is 6.22. The molecule has 2 aromatic heterocycles. The quantitative estimate of drug-likeness (QED) is 0.738. The Morgan fingerprint density at radius 3 is 2.80 bits per heavy atom. The van der Waals surface area contributed by atoms with Crippen LogP contribution in [0, 0.1) is 0 Å². The standard InChI is InChI=1S/C15H14ClN3S/c1-19(9-10-2-5-15(16)20-10)14-4-3-13(17)12-8-18-7-6-11(12)14/h2-8H,9,17H2,1H3. The molecule has 0 aliphatic heterocycles. The van der Waals surface area contributed by atoms with E-state index in [4.69, 9.17) is 17.3 Å². The van der Waals surface area contributed by atoms with Crippen molar-refractivity contribution in [2.75, 3.05) is 17.7 Å². The minimum atomic E-state index is 0.754. The minimum Gasteiger partial charge on any atom is -0.398 e. The van der Waals surface area contributed by atoms with Crippen molar-refractivity contribution >= 4 is 45.1 Å². The predicted octanol–water partition coefficient (Wildman–Crippen LogP) is 4.17. The van der Waals surface area contributed by atoms with E-state index < -0.39 is 0 Å². The van der Waals surface area contributed by atoms with Crippen LogP contribution in [0.1, 0.15) is 4.88 Å². The first kappa shape index (κ1) is 13.2.